The molecule has 1 aromatic heterocycles. The number of carbonyl (C=O) groups is 1. The van der Waals surface area contributed by atoms with Crippen molar-refractivity contribution < 1.29 is 18.7 Å². The number of aryl methyl sites for hydroxylation is 1. The normalized spacial score (nSPS) is 13.1. The van der Waals surface area contributed by atoms with Gasteiger partial charge in [0.2, 0.25) is 12.3 Å². The lowest BCUT2D eigenvalue weighted by molar-refractivity contribution is 0.102. The van der Waals surface area contributed by atoms with Crippen LogP contribution in [0, 0.1) is 6.92 Å². The van der Waals surface area contributed by atoms with E-state index in [9.17, 15) is 4.79 Å². The molecule has 0 saturated carbocycles. The lowest BCUT2D eigenvalue weighted by Gasteiger charge is -2.12. The van der Waals surface area contributed by atoms with Gasteiger partial charge in [-0.2, -0.15) is 0 Å². The topological polar surface area (TPSA) is 86.5 Å². The summed E-state index contributed by atoms with van der Waals surface area (Å²) in [6.45, 7) is 3.10. The highest BCUT2D eigenvalue weighted by atomic mass is 16.5. The van der Waals surface area contributed by atoms with Crippen molar-refractivity contribution in [1.29, 1.82) is 0 Å². The number of carbonyl (C=O) groups excluding carboxylic acids is 1. The molecule has 0 aliphatic carbocycles. The lowest BCUT2D eigenvalue weighted by atomic mass is 10.1. The summed E-state index contributed by atoms with van der Waals surface area (Å²) < 4.78 is 16.5. The second-order valence-corrected chi connectivity index (χ2v) is 5.94. The minimum Gasteiger partial charge on any atom is -0.490 e. The van der Waals surface area contributed by atoms with Crippen molar-refractivity contribution in [3.63, 3.8) is 0 Å². The molecule has 0 radical (unpaired) electrons. The quantitative estimate of drug-likeness (QED) is 0.778. The van der Waals surface area contributed by atoms with E-state index in [1.54, 1.807) is 18.2 Å². The molecule has 1 N–H and O–H groups in total. The molecular weight excluding hydrogens is 334 g/mol. The summed E-state index contributed by atoms with van der Waals surface area (Å²) in [5, 5.41) is 10.5. The smallest absolute Gasteiger partial charge is 0.255 e. The first-order valence-corrected chi connectivity index (χ1v) is 8.29. The second-order valence-electron chi connectivity index (χ2n) is 5.94. The van der Waals surface area contributed by atoms with Crippen LogP contribution < -0.4 is 14.8 Å². The Morgan fingerprint density at radius 3 is 2.73 bits per heavy atom. The van der Waals surface area contributed by atoms with Crippen LogP contribution in [0.25, 0.3) is 11.5 Å². The molecule has 1 amide bonds. The average molecular weight is 351 g/mol. The van der Waals surface area contributed by atoms with Crippen LogP contribution in [0.4, 0.5) is 5.69 Å². The third kappa shape index (κ3) is 3.23. The van der Waals surface area contributed by atoms with Gasteiger partial charge in [-0.3, -0.25) is 4.79 Å². The Hall–Kier alpha value is -3.35. The van der Waals surface area contributed by atoms with Gasteiger partial charge in [-0.1, -0.05) is 6.07 Å². The fourth-order valence-corrected chi connectivity index (χ4v) is 2.69. The Morgan fingerprint density at radius 1 is 1.08 bits per heavy atom. The first-order chi connectivity index (χ1) is 12.7. The van der Waals surface area contributed by atoms with Gasteiger partial charge in [-0.25, -0.2) is 0 Å². The molecule has 1 aliphatic heterocycles. The van der Waals surface area contributed by atoms with Crippen LogP contribution in [0.3, 0.4) is 0 Å². The Labute approximate surface area is 150 Å². The molecule has 7 heteroatoms. The van der Waals surface area contributed by atoms with Crippen molar-refractivity contribution >= 4 is 11.6 Å². The fourth-order valence-electron chi connectivity index (χ4n) is 2.69. The molecule has 2 aromatic carbocycles. The summed E-state index contributed by atoms with van der Waals surface area (Å²) in [5.41, 5.74) is 2.84. The van der Waals surface area contributed by atoms with Crippen LogP contribution in [-0.2, 0) is 0 Å². The zero-order valence-corrected chi connectivity index (χ0v) is 14.2. The molecule has 4 rings (SSSR count). The van der Waals surface area contributed by atoms with Gasteiger partial charge in [0.15, 0.2) is 11.5 Å². The molecule has 0 bridgehead atoms. The third-order valence-corrected chi connectivity index (χ3v) is 4.10. The fraction of sp³-hybridized carbons (Fsp3) is 0.211. The Bertz CT molecular complexity index is 938. The van der Waals surface area contributed by atoms with Crippen LogP contribution in [0.15, 0.2) is 47.2 Å². The van der Waals surface area contributed by atoms with E-state index < -0.39 is 0 Å². The number of aromatic nitrogens is 2. The minimum atomic E-state index is -0.230. The maximum Gasteiger partial charge on any atom is 0.255 e. The van der Waals surface area contributed by atoms with Gasteiger partial charge in [-0.15, -0.1) is 10.2 Å². The molecule has 3 aromatic rings. The molecule has 132 valence electrons. The Balaban J connectivity index is 1.58. The van der Waals surface area contributed by atoms with E-state index in [2.05, 4.69) is 15.5 Å². The molecule has 0 fully saturated rings. The van der Waals surface area contributed by atoms with Crippen LogP contribution in [0.5, 0.6) is 11.5 Å². The summed E-state index contributed by atoms with van der Waals surface area (Å²) in [5.74, 6) is 1.42. The van der Waals surface area contributed by atoms with E-state index in [0.717, 1.165) is 17.5 Å². The number of nitrogens with zero attached hydrogens (tertiary/aromatic N) is 2. The van der Waals surface area contributed by atoms with Gasteiger partial charge >= 0.3 is 0 Å². The van der Waals surface area contributed by atoms with Gasteiger partial charge in [-0.05, 0) is 42.8 Å². The molecule has 0 unspecified atom stereocenters. The average Bonchev–Trinajstić information content (AvgIpc) is 3.08. The second kappa shape index (κ2) is 6.87. The zero-order valence-electron chi connectivity index (χ0n) is 14.2. The van der Waals surface area contributed by atoms with Crippen molar-refractivity contribution in [3.05, 3.63) is 53.9 Å². The highest BCUT2D eigenvalue weighted by Gasteiger charge is 2.15. The summed E-state index contributed by atoms with van der Waals surface area (Å²) in [6.07, 6.45) is 2.09. The van der Waals surface area contributed by atoms with E-state index in [4.69, 9.17) is 13.9 Å². The van der Waals surface area contributed by atoms with Gasteiger partial charge in [0, 0.05) is 23.2 Å². The third-order valence-electron chi connectivity index (χ3n) is 4.10. The SMILES string of the molecule is Cc1ccc(-c2nnco2)cc1NC(=O)c1ccc2c(c1)OCCCO2. The molecule has 0 saturated heterocycles. The number of hydrogen-bond acceptors (Lipinski definition) is 6. The molecule has 0 spiro atoms. The van der Waals surface area contributed by atoms with Crippen LogP contribution >= 0.6 is 0 Å². The van der Waals surface area contributed by atoms with Gasteiger partial charge in [0.1, 0.15) is 0 Å². The number of nitrogens with one attached hydrogen (secondary N) is 1. The monoisotopic (exact) mass is 351 g/mol. The molecule has 26 heavy (non-hydrogen) atoms. The first-order valence-electron chi connectivity index (χ1n) is 8.29. The predicted molar refractivity (Wildman–Crippen MR) is 94.5 cm³/mol. The van der Waals surface area contributed by atoms with Crippen LogP contribution in [0.2, 0.25) is 0 Å². The van der Waals surface area contributed by atoms with Gasteiger partial charge in [0.05, 0.1) is 13.2 Å². The predicted octanol–water partition coefficient (Wildman–Crippen LogP) is 3.46. The van der Waals surface area contributed by atoms with Crippen LogP contribution in [-0.4, -0.2) is 29.3 Å². The van der Waals surface area contributed by atoms with Crippen molar-refractivity contribution in [3.8, 4) is 23.0 Å². The number of rotatable bonds is 3. The Kier molecular flexibility index (Phi) is 4.27. The van der Waals surface area contributed by atoms with Crippen LogP contribution in [0.1, 0.15) is 22.3 Å². The summed E-state index contributed by atoms with van der Waals surface area (Å²) in [7, 11) is 0. The summed E-state index contributed by atoms with van der Waals surface area (Å²) in [4.78, 5) is 12.7. The summed E-state index contributed by atoms with van der Waals surface area (Å²) >= 11 is 0. The molecule has 2 heterocycles. The number of fused-ring (bicyclic) bond motifs is 1. The van der Waals surface area contributed by atoms with E-state index in [1.807, 2.05) is 25.1 Å². The molecular formula is C19H17N3O4. The standard InChI is InChI=1S/C19H17N3O4/c1-12-3-4-14(19-22-20-11-26-19)9-15(12)21-18(23)13-5-6-16-17(10-13)25-8-2-7-24-16/h3-6,9-11H,2,7-8H2,1H3,(H,21,23). The maximum absolute atomic E-state index is 12.7. The lowest BCUT2D eigenvalue weighted by Crippen LogP contribution is -2.13. The number of hydrogen-bond donors (Lipinski definition) is 1. The largest absolute Gasteiger partial charge is 0.490 e. The van der Waals surface area contributed by atoms with Gasteiger partial charge in [0.25, 0.3) is 5.91 Å². The number of ether oxygens (including phenoxy) is 2. The molecule has 1 aliphatic rings. The number of benzene rings is 2. The van der Waals surface area contributed by atoms with Gasteiger partial charge < -0.3 is 19.2 Å². The van der Waals surface area contributed by atoms with E-state index in [0.29, 0.717) is 41.9 Å². The van der Waals surface area contributed by atoms with E-state index in [1.165, 1.54) is 6.39 Å². The van der Waals surface area contributed by atoms with Crippen molar-refractivity contribution in [2.24, 2.45) is 0 Å². The van der Waals surface area contributed by atoms with Crippen molar-refractivity contribution in [2.45, 2.75) is 13.3 Å². The van der Waals surface area contributed by atoms with Crippen molar-refractivity contribution in [2.75, 3.05) is 18.5 Å². The highest BCUT2D eigenvalue weighted by molar-refractivity contribution is 6.05. The maximum atomic E-state index is 12.7. The molecule has 7 nitrogen and oxygen atoms in total. The zero-order chi connectivity index (χ0) is 17.9. The highest BCUT2D eigenvalue weighted by Crippen LogP contribution is 2.31. The number of amides is 1. The molecule has 0 atom stereocenters. The first kappa shape index (κ1) is 16.1. The van der Waals surface area contributed by atoms with E-state index >= 15 is 0 Å². The minimum absolute atomic E-state index is 0.230. The number of anilines is 1. The summed E-state index contributed by atoms with van der Waals surface area (Å²) in [6, 6.07) is 10.8. The van der Waals surface area contributed by atoms with E-state index in [-0.39, 0.29) is 5.91 Å². The van der Waals surface area contributed by atoms with Crippen molar-refractivity contribution in [1.82, 2.24) is 10.2 Å². The Morgan fingerprint density at radius 2 is 1.92 bits per heavy atom.